The lowest BCUT2D eigenvalue weighted by molar-refractivity contribution is 0.588. The molecule has 0 spiro atoms. The first-order chi connectivity index (χ1) is 8.94. The van der Waals surface area contributed by atoms with E-state index in [0.29, 0.717) is 11.1 Å². The van der Waals surface area contributed by atoms with E-state index in [4.69, 9.17) is 0 Å². The van der Waals surface area contributed by atoms with Crippen LogP contribution in [0.5, 0.6) is 0 Å². The minimum atomic E-state index is -3.47. The molecule has 100 valence electrons. The lowest BCUT2D eigenvalue weighted by Gasteiger charge is -2.06. The van der Waals surface area contributed by atoms with E-state index < -0.39 is 10.0 Å². The smallest absolute Gasteiger partial charge is 0.214 e. The molecule has 0 heterocycles. The van der Waals surface area contributed by atoms with Gasteiger partial charge in [-0.3, -0.25) is 0 Å². The monoisotopic (exact) mass is 343 g/mol. The van der Waals surface area contributed by atoms with Gasteiger partial charge in [0.15, 0.2) is 0 Å². The van der Waals surface area contributed by atoms with Gasteiger partial charge in [-0.2, -0.15) is 0 Å². The SMILES string of the molecule is CNS(=O)(=O)c1ccc(-c2cc(Br)ccc2F)cc1. The van der Waals surface area contributed by atoms with Crippen LogP contribution in [-0.4, -0.2) is 15.5 Å². The molecule has 0 atom stereocenters. The molecule has 2 aromatic carbocycles. The summed E-state index contributed by atoms with van der Waals surface area (Å²) in [6, 6.07) is 10.7. The van der Waals surface area contributed by atoms with E-state index in [2.05, 4.69) is 20.7 Å². The summed E-state index contributed by atoms with van der Waals surface area (Å²) in [5.74, 6) is -0.354. The molecule has 0 amide bonds. The van der Waals surface area contributed by atoms with Crippen molar-refractivity contribution in [2.45, 2.75) is 4.90 Å². The van der Waals surface area contributed by atoms with Gasteiger partial charge in [0.05, 0.1) is 4.90 Å². The highest BCUT2D eigenvalue weighted by Gasteiger charge is 2.12. The van der Waals surface area contributed by atoms with Crippen LogP contribution in [-0.2, 0) is 10.0 Å². The minimum absolute atomic E-state index is 0.147. The van der Waals surface area contributed by atoms with Crippen molar-refractivity contribution in [2.24, 2.45) is 0 Å². The van der Waals surface area contributed by atoms with E-state index >= 15 is 0 Å². The molecule has 3 nitrogen and oxygen atoms in total. The molecule has 19 heavy (non-hydrogen) atoms. The first-order valence-corrected chi connectivity index (χ1v) is 7.71. The number of benzene rings is 2. The molecule has 0 aliphatic carbocycles. The predicted molar refractivity (Wildman–Crippen MR) is 75.8 cm³/mol. The van der Waals surface area contributed by atoms with Crippen LogP contribution in [0.4, 0.5) is 4.39 Å². The van der Waals surface area contributed by atoms with Crippen LogP contribution < -0.4 is 4.72 Å². The van der Waals surface area contributed by atoms with Gasteiger partial charge in [0, 0.05) is 10.0 Å². The van der Waals surface area contributed by atoms with Crippen LogP contribution in [0.2, 0.25) is 0 Å². The average molecular weight is 344 g/mol. The maximum absolute atomic E-state index is 13.7. The summed E-state index contributed by atoms with van der Waals surface area (Å²) in [5, 5.41) is 0. The van der Waals surface area contributed by atoms with Crippen LogP contribution in [0, 0.1) is 5.82 Å². The van der Waals surface area contributed by atoms with Crippen molar-refractivity contribution in [3.8, 4) is 11.1 Å². The minimum Gasteiger partial charge on any atom is -0.214 e. The molecule has 0 aliphatic rings. The van der Waals surface area contributed by atoms with Crippen molar-refractivity contribution in [2.75, 3.05) is 7.05 Å². The second-order valence-electron chi connectivity index (χ2n) is 3.86. The normalized spacial score (nSPS) is 11.5. The summed E-state index contributed by atoms with van der Waals surface area (Å²) in [7, 11) is -2.12. The zero-order valence-electron chi connectivity index (χ0n) is 10.0. The summed E-state index contributed by atoms with van der Waals surface area (Å²) in [6.07, 6.45) is 0. The molecule has 0 fully saturated rings. The maximum atomic E-state index is 13.7. The van der Waals surface area contributed by atoms with Gasteiger partial charge in [-0.1, -0.05) is 28.1 Å². The molecule has 0 bridgehead atoms. The Morgan fingerprint density at radius 1 is 1.11 bits per heavy atom. The quantitative estimate of drug-likeness (QED) is 0.930. The highest BCUT2D eigenvalue weighted by atomic mass is 79.9. The third-order valence-corrected chi connectivity index (χ3v) is 4.60. The van der Waals surface area contributed by atoms with E-state index in [1.807, 2.05) is 0 Å². The van der Waals surface area contributed by atoms with Crippen molar-refractivity contribution >= 4 is 26.0 Å². The second kappa shape index (κ2) is 5.40. The molecule has 0 aromatic heterocycles. The first-order valence-electron chi connectivity index (χ1n) is 5.43. The fraction of sp³-hybridized carbons (Fsp3) is 0.0769. The Morgan fingerprint density at radius 3 is 2.32 bits per heavy atom. The molecular formula is C13H11BrFNO2S. The van der Waals surface area contributed by atoms with Crippen molar-refractivity contribution in [1.82, 2.24) is 4.72 Å². The van der Waals surface area contributed by atoms with Gasteiger partial charge in [-0.25, -0.2) is 17.5 Å². The van der Waals surface area contributed by atoms with Gasteiger partial charge in [0.2, 0.25) is 10.0 Å². The summed E-state index contributed by atoms with van der Waals surface area (Å²) in [5.41, 5.74) is 1.04. The average Bonchev–Trinajstić information content (AvgIpc) is 2.42. The Bertz CT molecular complexity index is 699. The van der Waals surface area contributed by atoms with Gasteiger partial charge >= 0.3 is 0 Å². The molecule has 0 unspecified atom stereocenters. The van der Waals surface area contributed by atoms with Crippen molar-refractivity contribution in [3.63, 3.8) is 0 Å². The van der Waals surface area contributed by atoms with Crippen molar-refractivity contribution in [3.05, 3.63) is 52.8 Å². The highest BCUT2D eigenvalue weighted by Crippen LogP contribution is 2.27. The molecule has 2 aromatic rings. The zero-order valence-corrected chi connectivity index (χ0v) is 12.4. The molecule has 2 rings (SSSR count). The van der Waals surface area contributed by atoms with Crippen LogP contribution >= 0.6 is 15.9 Å². The summed E-state index contributed by atoms with van der Waals surface area (Å²) in [4.78, 5) is 0.147. The Labute approximate surface area is 119 Å². The molecule has 1 N–H and O–H groups in total. The predicted octanol–water partition coefficient (Wildman–Crippen LogP) is 3.16. The van der Waals surface area contributed by atoms with Gasteiger partial charge < -0.3 is 0 Å². The molecule has 0 radical (unpaired) electrons. The fourth-order valence-corrected chi connectivity index (χ4v) is 2.74. The first kappa shape index (κ1) is 14.2. The zero-order chi connectivity index (χ0) is 14.0. The molecule has 0 saturated heterocycles. The lowest BCUT2D eigenvalue weighted by Crippen LogP contribution is -2.18. The van der Waals surface area contributed by atoms with E-state index in [9.17, 15) is 12.8 Å². The molecule has 6 heteroatoms. The largest absolute Gasteiger partial charge is 0.240 e. The van der Waals surface area contributed by atoms with E-state index in [1.165, 1.54) is 25.2 Å². The topological polar surface area (TPSA) is 46.2 Å². The molecule has 0 saturated carbocycles. The molecule has 0 aliphatic heterocycles. The molecular weight excluding hydrogens is 333 g/mol. The van der Waals surface area contributed by atoms with Gasteiger partial charge in [0.1, 0.15) is 5.82 Å². The van der Waals surface area contributed by atoms with Crippen LogP contribution in [0.1, 0.15) is 0 Å². The van der Waals surface area contributed by atoms with Gasteiger partial charge in [-0.05, 0) is 42.9 Å². The Balaban J connectivity index is 2.46. The van der Waals surface area contributed by atoms with Crippen molar-refractivity contribution < 1.29 is 12.8 Å². The number of sulfonamides is 1. The highest BCUT2D eigenvalue weighted by molar-refractivity contribution is 9.10. The van der Waals surface area contributed by atoms with E-state index in [-0.39, 0.29) is 10.7 Å². The Kier molecular flexibility index (Phi) is 4.03. The van der Waals surface area contributed by atoms with E-state index in [0.717, 1.165) is 4.47 Å². The number of halogens is 2. The third kappa shape index (κ3) is 3.02. The summed E-state index contributed by atoms with van der Waals surface area (Å²) in [6.45, 7) is 0. The van der Waals surface area contributed by atoms with E-state index in [1.54, 1.807) is 24.3 Å². The third-order valence-electron chi connectivity index (χ3n) is 2.67. The van der Waals surface area contributed by atoms with Crippen LogP contribution in [0.3, 0.4) is 0 Å². The maximum Gasteiger partial charge on any atom is 0.240 e. The Hall–Kier alpha value is -1.24. The number of nitrogens with one attached hydrogen (secondary N) is 1. The Morgan fingerprint density at radius 2 is 1.74 bits per heavy atom. The van der Waals surface area contributed by atoms with Gasteiger partial charge in [-0.15, -0.1) is 0 Å². The number of rotatable bonds is 3. The lowest BCUT2D eigenvalue weighted by atomic mass is 10.1. The van der Waals surface area contributed by atoms with Crippen LogP contribution in [0.25, 0.3) is 11.1 Å². The summed E-state index contributed by atoms with van der Waals surface area (Å²) >= 11 is 3.28. The van der Waals surface area contributed by atoms with Gasteiger partial charge in [0.25, 0.3) is 0 Å². The standard InChI is InChI=1S/C13H11BrFNO2S/c1-16-19(17,18)11-5-2-9(3-6-11)12-8-10(14)4-7-13(12)15/h2-8,16H,1H3. The summed E-state index contributed by atoms with van der Waals surface area (Å²) < 4.78 is 39.8. The number of hydrogen-bond acceptors (Lipinski definition) is 2. The fourth-order valence-electron chi connectivity index (χ4n) is 1.65. The second-order valence-corrected chi connectivity index (χ2v) is 6.66. The van der Waals surface area contributed by atoms with Crippen LogP contribution in [0.15, 0.2) is 51.8 Å². The van der Waals surface area contributed by atoms with Crippen molar-refractivity contribution in [1.29, 1.82) is 0 Å². The number of hydrogen-bond donors (Lipinski definition) is 1.